The van der Waals surface area contributed by atoms with Gasteiger partial charge < -0.3 is 15.0 Å². The SMILES string of the molecule is CC(C)(C)OC(=O)N1CCC2(CC1)NSc1cc(S(N)(=O)=O)c(C(F)(F)F)cc1N2. The molecule has 4 N–H and O–H groups in total. The van der Waals surface area contributed by atoms with E-state index in [0.717, 1.165) is 24.1 Å². The summed E-state index contributed by atoms with van der Waals surface area (Å²) in [6.45, 7) is 5.98. The van der Waals surface area contributed by atoms with Crippen molar-refractivity contribution >= 4 is 33.8 Å². The van der Waals surface area contributed by atoms with Gasteiger partial charge in [0.15, 0.2) is 0 Å². The fourth-order valence-electron chi connectivity index (χ4n) is 3.26. The Morgan fingerprint density at radius 1 is 1.23 bits per heavy atom. The van der Waals surface area contributed by atoms with Crippen LogP contribution in [0.4, 0.5) is 23.7 Å². The summed E-state index contributed by atoms with van der Waals surface area (Å²) >= 11 is 1.03. The molecular weight excluding hydrogens is 445 g/mol. The van der Waals surface area contributed by atoms with Crippen LogP contribution in [0.15, 0.2) is 21.9 Å². The molecule has 1 amide bonds. The summed E-state index contributed by atoms with van der Waals surface area (Å²) in [6.07, 6.45) is -4.51. The van der Waals surface area contributed by atoms with Crippen LogP contribution >= 0.6 is 11.9 Å². The number of rotatable bonds is 1. The Balaban J connectivity index is 1.82. The molecule has 1 aromatic carbocycles. The fraction of sp³-hybridized carbons (Fsp3) is 0.588. The Morgan fingerprint density at radius 3 is 2.33 bits per heavy atom. The topological polar surface area (TPSA) is 114 Å². The number of piperidine rings is 1. The smallest absolute Gasteiger partial charge is 0.417 e. The van der Waals surface area contributed by atoms with Gasteiger partial charge >= 0.3 is 12.3 Å². The van der Waals surface area contributed by atoms with Gasteiger partial charge in [-0.25, -0.2) is 23.1 Å². The Hall–Kier alpha value is -1.70. The van der Waals surface area contributed by atoms with Gasteiger partial charge in [-0.15, -0.1) is 0 Å². The molecule has 0 aromatic heterocycles. The lowest BCUT2D eigenvalue weighted by atomic mass is 9.97. The number of amides is 1. The van der Waals surface area contributed by atoms with E-state index < -0.39 is 44.0 Å². The number of anilines is 1. The summed E-state index contributed by atoms with van der Waals surface area (Å²) < 4.78 is 72.1. The van der Waals surface area contributed by atoms with Crippen LogP contribution in [0.5, 0.6) is 0 Å². The molecular formula is C17H23F3N4O4S2. The number of likely N-dealkylation sites (tertiary alicyclic amines) is 1. The highest BCUT2D eigenvalue weighted by molar-refractivity contribution is 7.97. The highest BCUT2D eigenvalue weighted by Crippen LogP contribution is 2.44. The lowest BCUT2D eigenvalue weighted by Gasteiger charge is -2.45. The van der Waals surface area contributed by atoms with E-state index in [-0.39, 0.29) is 10.6 Å². The quantitative estimate of drug-likeness (QED) is 0.543. The van der Waals surface area contributed by atoms with Crippen molar-refractivity contribution in [2.24, 2.45) is 5.14 Å². The van der Waals surface area contributed by atoms with E-state index in [4.69, 9.17) is 9.88 Å². The number of nitrogens with zero attached hydrogens (tertiary/aromatic N) is 1. The van der Waals surface area contributed by atoms with Crippen LogP contribution in [-0.4, -0.2) is 43.8 Å². The zero-order valence-corrected chi connectivity index (χ0v) is 18.2. The molecule has 3 rings (SSSR count). The summed E-state index contributed by atoms with van der Waals surface area (Å²) in [6, 6.07) is 1.69. The van der Waals surface area contributed by atoms with Crippen molar-refractivity contribution in [3.63, 3.8) is 0 Å². The van der Waals surface area contributed by atoms with Crippen LogP contribution in [0.2, 0.25) is 0 Å². The lowest BCUT2D eigenvalue weighted by molar-refractivity contribution is -0.139. The van der Waals surface area contributed by atoms with Gasteiger partial charge in [-0.3, -0.25) is 0 Å². The van der Waals surface area contributed by atoms with Crippen molar-refractivity contribution in [2.45, 2.75) is 60.8 Å². The number of ether oxygens (including phenoxy) is 1. The molecule has 8 nitrogen and oxygen atoms in total. The van der Waals surface area contributed by atoms with Gasteiger partial charge in [0.1, 0.15) is 11.3 Å². The van der Waals surface area contributed by atoms with Gasteiger partial charge in [0.05, 0.1) is 16.1 Å². The van der Waals surface area contributed by atoms with Crippen molar-refractivity contribution < 1.29 is 31.1 Å². The van der Waals surface area contributed by atoms with E-state index in [9.17, 15) is 26.4 Å². The van der Waals surface area contributed by atoms with Crippen LogP contribution in [0.25, 0.3) is 0 Å². The average molecular weight is 469 g/mol. The van der Waals surface area contributed by atoms with Crippen molar-refractivity contribution in [3.05, 3.63) is 17.7 Å². The summed E-state index contributed by atoms with van der Waals surface area (Å²) in [5.41, 5.74) is -2.54. The Morgan fingerprint density at radius 2 is 1.83 bits per heavy atom. The predicted octanol–water partition coefficient (Wildman–Crippen LogP) is 3.10. The van der Waals surface area contributed by atoms with Crippen molar-refractivity contribution in [2.75, 3.05) is 18.4 Å². The van der Waals surface area contributed by atoms with Gasteiger partial charge in [0.25, 0.3) is 0 Å². The van der Waals surface area contributed by atoms with E-state index in [1.807, 2.05) is 0 Å². The minimum atomic E-state index is -4.89. The van der Waals surface area contributed by atoms with Gasteiger partial charge in [-0.1, -0.05) is 0 Å². The molecule has 0 saturated carbocycles. The maximum Gasteiger partial charge on any atom is 0.417 e. The van der Waals surface area contributed by atoms with Crippen LogP contribution in [-0.2, 0) is 20.9 Å². The number of sulfonamides is 1. The minimum absolute atomic E-state index is 0.157. The molecule has 0 aliphatic carbocycles. The molecule has 0 atom stereocenters. The molecule has 0 radical (unpaired) electrons. The van der Waals surface area contributed by atoms with Gasteiger partial charge in [-0.2, -0.15) is 13.2 Å². The molecule has 30 heavy (non-hydrogen) atoms. The first kappa shape index (κ1) is 23.0. The van der Waals surface area contributed by atoms with E-state index in [2.05, 4.69) is 10.0 Å². The third kappa shape index (κ3) is 4.95. The number of benzene rings is 1. The van der Waals surface area contributed by atoms with E-state index >= 15 is 0 Å². The largest absolute Gasteiger partial charge is 0.444 e. The molecule has 168 valence electrons. The number of carbonyl (C=O) groups excluding carboxylic acids is 1. The molecule has 2 heterocycles. The maximum atomic E-state index is 13.4. The number of nitrogens with two attached hydrogens (primary N) is 1. The summed E-state index contributed by atoms with van der Waals surface area (Å²) in [5.74, 6) is 0. The van der Waals surface area contributed by atoms with Crippen LogP contribution < -0.4 is 15.2 Å². The maximum absolute atomic E-state index is 13.4. The van der Waals surface area contributed by atoms with E-state index in [1.54, 1.807) is 25.7 Å². The molecule has 0 unspecified atom stereocenters. The number of alkyl halides is 3. The Labute approximate surface area is 176 Å². The molecule has 1 fully saturated rings. The number of nitrogens with one attached hydrogen (secondary N) is 2. The van der Waals surface area contributed by atoms with E-state index in [1.165, 1.54) is 0 Å². The number of halogens is 3. The van der Waals surface area contributed by atoms with E-state index in [0.29, 0.717) is 25.9 Å². The number of hydrogen-bond donors (Lipinski definition) is 3. The monoisotopic (exact) mass is 468 g/mol. The number of hydrogen-bond acceptors (Lipinski definition) is 7. The Kier molecular flexibility index (Phi) is 5.72. The average Bonchev–Trinajstić information content (AvgIpc) is 2.58. The second-order valence-corrected chi connectivity index (χ2v) is 10.6. The van der Waals surface area contributed by atoms with Crippen LogP contribution in [0.3, 0.4) is 0 Å². The third-order valence-corrected chi connectivity index (χ3v) is 6.69. The molecule has 1 saturated heterocycles. The van der Waals surface area contributed by atoms with Crippen molar-refractivity contribution in [1.82, 2.24) is 9.62 Å². The first-order valence-corrected chi connectivity index (χ1v) is 11.4. The first-order chi connectivity index (χ1) is 13.6. The molecule has 2 aliphatic heterocycles. The van der Waals surface area contributed by atoms with Crippen molar-refractivity contribution in [3.8, 4) is 0 Å². The Bertz CT molecular complexity index is 953. The molecule has 1 spiro atoms. The molecule has 2 aliphatic rings. The second-order valence-electron chi connectivity index (χ2n) is 8.27. The standard InChI is InChI=1S/C17H23F3N4O4S2/c1-15(2,3)28-14(25)24-6-4-16(5-7-24)22-11-8-10(17(18,19)20)13(30(21,26)27)9-12(11)29-23-16/h8-9,22-23H,4-7H2,1-3H3,(H2,21,26,27). The molecule has 0 bridgehead atoms. The highest BCUT2D eigenvalue weighted by atomic mass is 32.2. The number of carbonyl (C=O) groups is 1. The molecule has 1 aromatic rings. The lowest BCUT2D eigenvalue weighted by Crippen LogP contribution is -2.58. The summed E-state index contributed by atoms with van der Waals surface area (Å²) in [7, 11) is -4.56. The zero-order chi connectivity index (χ0) is 22.5. The highest BCUT2D eigenvalue weighted by Gasteiger charge is 2.42. The summed E-state index contributed by atoms with van der Waals surface area (Å²) in [4.78, 5) is 13.1. The van der Waals surface area contributed by atoms with Gasteiger partial charge in [0.2, 0.25) is 10.0 Å². The fourth-order valence-corrected chi connectivity index (χ4v) is 5.06. The predicted molar refractivity (Wildman–Crippen MR) is 105 cm³/mol. The molecule has 13 heteroatoms. The van der Waals surface area contributed by atoms with Gasteiger partial charge in [0, 0.05) is 30.8 Å². The summed E-state index contributed by atoms with van der Waals surface area (Å²) in [5, 5.41) is 8.05. The third-order valence-electron chi connectivity index (χ3n) is 4.69. The minimum Gasteiger partial charge on any atom is -0.444 e. The number of fused-ring (bicyclic) bond motifs is 1. The van der Waals surface area contributed by atoms with Crippen LogP contribution in [0.1, 0.15) is 39.2 Å². The second kappa shape index (κ2) is 7.46. The first-order valence-electron chi connectivity index (χ1n) is 9.08. The normalized spacial score (nSPS) is 19.2. The number of primary sulfonamides is 1. The van der Waals surface area contributed by atoms with Gasteiger partial charge in [-0.05, 0) is 44.9 Å². The van der Waals surface area contributed by atoms with Crippen molar-refractivity contribution in [1.29, 1.82) is 0 Å². The van der Waals surface area contributed by atoms with Crippen LogP contribution in [0, 0.1) is 0 Å². The zero-order valence-electron chi connectivity index (χ0n) is 16.6.